The highest BCUT2D eigenvalue weighted by molar-refractivity contribution is 9.10. The Balaban J connectivity index is 1.56. The van der Waals surface area contributed by atoms with E-state index >= 15 is 0 Å². The second-order valence-electron chi connectivity index (χ2n) is 6.88. The van der Waals surface area contributed by atoms with Gasteiger partial charge in [0.1, 0.15) is 18.1 Å². The highest BCUT2D eigenvalue weighted by Crippen LogP contribution is 2.37. The van der Waals surface area contributed by atoms with Crippen molar-refractivity contribution in [2.45, 2.75) is 20.5 Å². The van der Waals surface area contributed by atoms with Crippen molar-refractivity contribution in [3.8, 4) is 11.5 Å². The number of halogens is 1. The molecule has 0 aromatic heterocycles. The van der Waals surface area contributed by atoms with Crippen LogP contribution in [0, 0.1) is 13.8 Å². The predicted molar refractivity (Wildman–Crippen MR) is 114 cm³/mol. The minimum Gasteiger partial charge on any atom is -0.489 e. The molecular formula is C24H19BrO3. The summed E-state index contributed by atoms with van der Waals surface area (Å²) in [6.07, 6.45) is 1.76. The average molecular weight is 435 g/mol. The van der Waals surface area contributed by atoms with Gasteiger partial charge in [0.25, 0.3) is 0 Å². The summed E-state index contributed by atoms with van der Waals surface area (Å²) >= 11 is 3.44. The quantitative estimate of drug-likeness (QED) is 0.454. The fourth-order valence-electron chi connectivity index (χ4n) is 3.16. The molecular weight excluding hydrogens is 416 g/mol. The van der Waals surface area contributed by atoms with Gasteiger partial charge in [-0.25, -0.2) is 0 Å². The highest BCUT2D eigenvalue weighted by atomic mass is 79.9. The maximum Gasteiger partial charge on any atom is 0.232 e. The van der Waals surface area contributed by atoms with Gasteiger partial charge in [0.15, 0.2) is 5.76 Å². The Labute approximate surface area is 172 Å². The summed E-state index contributed by atoms with van der Waals surface area (Å²) in [6.45, 7) is 4.43. The van der Waals surface area contributed by atoms with Crippen LogP contribution in [-0.4, -0.2) is 5.78 Å². The van der Waals surface area contributed by atoms with Crippen LogP contribution in [0.2, 0.25) is 0 Å². The van der Waals surface area contributed by atoms with Crippen molar-refractivity contribution in [2.75, 3.05) is 0 Å². The van der Waals surface area contributed by atoms with E-state index in [0.717, 1.165) is 21.2 Å². The Kier molecular flexibility index (Phi) is 5.05. The molecule has 3 aromatic rings. The first kappa shape index (κ1) is 18.5. The fourth-order valence-corrected chi connectivity index (χ4v) is 3.58. The molecule has 0 amide bonds. The molecule has 4 rings (SSSR count). The van der Waals surface area contributed by atoms with Crippen LogP contribution >= 0.6 is 15.9 Å². The summed E-state index contributed by atoms with van der Waals surface area (Å²) in [5.41, 5.74) is 4.66. The highest BCUT2D eigenvalue weighted by Gasteiger charge is 2.30. The van der Waals surface area contributed by atoms with Gasteiger partial charge in [-0.15, -0.1) is 0 Å². The number of aryl methyl sites for hydroxylation is 2. The number of carbonyl (C=O) groups is 1. The molecule has 1 aliphatic heterocycles. The van der Waals surface area contributed by atoms with Gasteiger partial charge in [0.2, 0.25) is 5.78 Å². The summed E-state index contributed by atoms with van der Waals surface area (Å²) in [5.74, 6) is 1.46. The molecule has 0 saturated carbocycles. The first-order valence-corrected chi connectivity index (χ1v) is 9.82. The summed E-state index contributed by atoms with van der Waals surface area (Å²) in [5, 5.41) is 0. The number of hydrogen-bond donors (Lipinski definition) is 0. The monoisotopic (exact) mass is 434 g/mol. The van der Waals surface area contributed by atoms with Crippen molar-refractivity contribution >= 4 is 27.8 Å². The van der Waals surface area contributed by atoms with Crippen LogP contribution in [0.3, 0.4) is 0 Å². The minimum absolute atomic E-state index is 0.0995. The maximum absolute atomic E-state index is 12.8. The van der Waals surface area contributed by atoms with Crippen LogP contribution in [0.5, 0.6) is 11.5 Å². The van der Waals surface area contributed by atoms with Gasteiger partial charge in [-0.3, -0.25) is 4.79 Å². The SMILES string of the molecule is Cc1ccc(COc2cc(C)c3c(c2)O/C(=C\c2cccc(Br)c2)C3=O)cc1. The number of rotatable bonds is 4. The first-order valence-electron chi connectivity index (χ1n) is 9.02. The molecule has 1 heterocycles. The second-order valence-corrected chi connectivity index (χ2v) is 7.80. The number of allylic oxidation sites excluding steroid dienone is 1. The molecule has 0 spiro atoms. The second kappa shape index (κ2) is 7.64. The van der Waals surface area contributed by atoms with E-state index in [2.05, 4.69) is 47.1 Å². The van der Waals surface area contributed by atoms with Crippen molar-refractivity contribution in [2.24, 2.45) is 0 Å². The summed E-state index contributed by atoms with van der Waals surface area (Å²) in [4.78, 5) is 12.8. The van der Waals surface area contributed by atoms with Crippen LogP contribution in [0.15, 0.2) is 70.9 Å². The predicted octanol–water partition coefficient (Wildman–Crippen LogP) is 6.26. The standard InChI is InChI=1S/C24H19BrO3/c1-15-6-8-17(9-7-15)14-27-20-10-16(2)23-21(13-20)28-22(24(23)26)12-18-4-3-5-19(25)11-18/h3-13H,14H2,1-2H3/b22-12-. The molecule has 0 unspecified atom stereocenters. The lowest BCUT2D eigenvalue weighted by Gasteiger charge is -2.09. The molecule has 140 valence electrons. The third-order valence-corrected chi connectivity index (χ3v) is 5.11. The number of hydrogen-bond acceptors (Lipinski definition) is 3. The summed E-state index contributed by atoms with van der Waals surface area (Å²) < 4.78 is 12.7. The normalized spacial score (nSPS) is 14.1. The van der Waals surface area contributed by atoms with Gasteiger partial charge in [-0.2, -0.15) is 0 Å². The van der Waals surface area contributed by atoms with E-state index in [-0.39, 0.29) is 5.78 Å². The number of benzene rings is 3. The largest absolute Gasteiger partial charge is 0.489 e. The average Bonchev–Trinajstić information content (AvgIpc) is 2.97. The van der Waals surface area contributed by atoms with E-state index in [4.69, 9.17) is 9.47 Å². The molecule has 3 nitrogen and oxygen atoms in total. The van der Waals surface area contributed by atoms with Gasteiger partial charge < -0.3 is 9.47 Å². The van der Waals surface area contributed by atoms with E-state index in [1.165, 1.54) is 5.56 Å². The van der Waals surface area contributed by atoms with Crippen LogP contribution in [0.4, 0.5) is 0 Å². The van der Waals surface area contributed by atoms with Crippen LogP contribution in [0.25, 0.3) is 6.08 Å². The summed E-state index contributed by atoms with van der Waals surface area (Å²) in [7, 11) is 0. The van der Waals surface area contributed by atoms with Gasteiger partial charge in [-0.1, -0.05) is 57.9 Å². The van der Waals surface area contributed by atoms with E-state index < -0.39 is 0 Å². The van der Waals surface area contributed by atoms with Crippen molar-refractivity contribution in [3.05, 3.63) is 98.7 Å². The Morgan fingerprint density at radius 2 is 1.82 bits per heavy atom. The van der Waals surface area contributed by atoms with E-state index in [1.54, 1.807) is 12.1 Å². The Morgan fingerprint density at radius 1 is 1.04 bits per heavy atom. The number of ether oxygens (including phenoxy) is 2. The number of carbonyl (C=O) groups excluding carboxylic acids is 1. The summed E-state index contributed by atoms with van der Waals surface area (Å²) in [6, 6.07) is 19.6. The lowest BCUT2D eigenvalue weighted by atomic mass is 10.0. The Hall–Kier alpha value is -2.85. The molecule has 1 aliphatic rings. The fraction of sp³-hybridized carbons (Fsp3) is 0.125. The van der Waals surface area contributed by atoms with E-state index in [0.29, 0.717) is 29.4 Å². The topological polar surface area (TPSA) is 35.5 Å². The zero-order valence-corrected chi connectivity index (χ0v) is 17.2. The molecule has 3 aromatic carbocycles. The lowest BCUT2D eigenvalue weighted by Crippen LogP contribution is -2.00. The first-order chi connectivity index (χ1) is 13.5. The minimum atomic E-state index is -0.0995. The van der Waals surface area contributed by atoms with Gasteiger partial charge >= 0.3 is 0 Å². The zero-order chi connectivity index (χ0) is 19.7. The van der Waals surface area contributed by atoms with Crippen molar-refractivity contribution in [3.63, 3.8) is 0 Å². The Morgan fingerprint density at radius 3 is 2.57 bits per heavy atom. The molecule has 0 fully saturated rings. The third-order valence-electron chi connectivity index (χ3n) is 4.62. The Bertz CT molecular complexity index is 1080. The molecule has 0 atom stereocenters. The van der Waals surface area contributed by atoms with Crippen LogP contribution < -0.4 is 9.47 Å². The van der Waals surface area contributed by atoms with E-state index in [9.17, 15) is 4.79 Å². The van der Waals surface area contributed by atoms with Gasteiger partial charge in [0, 0.05) is 10.5 Å². The lowest BCUT2D eigenvalue weighted by molar-refractivity contribution is 0.101. The molecule has 28 heavy (non-hydrogen) atoms. The van der Waals surface area contributed by atoms with E-state index in [1.807, 2.05) is 37.3 Å². The van der Waals surface area contributed by atoms with Gasteiger partial charge in [-0.05, 0) is 54.8 Å². The van der Waals surface area contributed by atoms with Crippen LogP contribution in [0.1, 0.15) is 32.6 Å². The number of fused-ring (bicyclic) bond motifs is 1. The third kappa shape index (κ3) is 3.87. The van der Waals surface area contributed by atoms with Crippen LogP contribution in [-0.2, 0) is 6.61 Å². The molecule has 0 aliphatic carbocycles. The van der Waals surface area contributed by atoms with Gasteiger partial charge in [0.05, 0.1) is 5.56 Å². The smallest absolute Gasteiger partial charge is 0.232 e. The zero-order valence-electron chi connectivity index (χ0n) is 15.7. The molecule has 4 heteroatoms. The molecule has 0 N–H and O–H groups in total. The molecule has 0 bridgehead atoms. The van der Waals surface area contributed by atoms with Crippen molar-refractivity contribution in [1.29, 1.82) is 0 Å². The van der Waals surface area contributed by atoms with Crippen molar-refractivity contribution < 1.29 is 14.3 Å². The van der Waals surface area contributed by atoms with Crippen molar-refractivity contribution in [1.82, 2.24) is 0 Å². The maximum atomic E-state index is 12.8. The number of ketones is 1. The molecule has 0 saturated heterocycles. The number of Topliss-reactive ketones (excluding diaryl/α,β-unsaturated/α-hetero) is 1. The molecule has 0 radical (unpaired) electrons.